The molecule has 1 aromatic heterocycles. The molecule has 8 nitrogen and oxygen atoms in total. The van der Waals surface area contributed by atoms with Crippen molar-refractivity contribution in [3.8, 4) is 11.3 Å². The van der Waals surface area contributed by atoms with Crippen molar-refractivity contribution in [1.29, 1.82) is 0 Å². The summed E-state index contributed by atoms with van der Waals surface area (Å²) < 4.78 is 7.21. The van der Waals surface area contributed by atoms with Gasteiger partial charge < -0.3 is 25.2 Å². The highest BCUT2D eigenvalue weighted by molar-refractivity contribution is 7.99. The predicted molar refractivity (Wildman–Crippen MR) is 96.4 cm³/mol. The minimum Gasteiger partial charge on any atom is -0.391 e. The number of ether oxygens (including phenoxy) is 1. The third kappa shape index (κ3) is 3.64. The van der Waals surface area contributed by atoms with E-state index in [1.807, 2.05) is 30.3 Å². The molecule has 0 radical (unpaired) electrons. The summed E-state index contributed by atoms with van der Waals surface area (Å²) in [4.78, 5) is 0. The van der Waals surface area contributed by atoms with Gasteiger partial charge >= 0.3 is 0 Å². The first-order valence-corrected chi connectivity index (χ1v) is 9.60. The maximum atomic E-state index is 10.4. The Morgan fingerprint density at radius 1 is 1.12 bits per heavy atom. The van der Waals surface area contributed by atoms with Gasteiger partial charge in [0.1, 0.15) is 41.6 Å². The zero-order valence-corrected chi connectivity index (χ0v) is 15.3. The van der Waals surface area contributed by atoms with E-state index in [0.717, 1.165) is 5.56 Å². The second-order valence-corrected chi connectivity index (χ2v) is 7.29. The second kappa shape index (κ2) is 8.03. The molecule has 0 amide bonds. The number of aliphatic hydroxyl groups excluding tert-OH is 4. The highest BCUT2D eigenvalue weighted by Gasteiger charge is 2.48. The lowest BCUT2D eigenvalue weighted by molar-refractivity contribution is -0.216. The van der Waals surface area contributed by atoms with Gasteiger partial charge in [-0.25, -0.2) is 4.68 Å². The minimum absolute atomic E-state index is 0.614. The highest BCUT2D eigenvalue weighted by atomic mass is 32.2. The van der Waals surface area contributed by atoms with Crippen LogP contribution in [0, 0.1) is 0 Å². The molecule has 7 atom stereocenters. The van der Waals surface area contributed by atoms with Crippen molar-refractivity contribution in [2.45, 2.75) is 48.9 Å². The first kappa shape index (κ1) is 19.3. The fourth-order valence-electron chi connectivity index (χ4n) is 3.16. The number of aliphatic hydroxyl groups is 4. The van der Waals surface area contributed by atoms with Gasteiger partial charge in [-0.2, -0.15) is 0 Å². The zero-order chi connectivity index (χ0) is 18.8. The van der Waals surface area contributed by atoms with Crippen molar-refractivity contribution in [3.63, 3.8) is 0 Å². The summed E-state index contributed by atoms with van der Waals surface area (Å²) in [6.07, 6.45) is -2.49. The molecule has 0 spiro atoms. The molecule has 1 fully saturated rings. The third-order valence-corrected chi connectivity index (χ3v) is 5.41. The van der Waals surface area contributed by atoms with Crippen LogP contribution in [0.15, 0.2) is 36.5 Å². The first-order valence-electron chi connectivity index (χ1n) is 8.31. The summed E-state index contributed by atoms with van der Waals surface area (Å²) in [6.45, 7) is 1.55. The zero-order valence-electron chi connectivity index (χ0n) is 14.5. The van der Waals surface area contributed by atoms with Crippen LogP contribution in [0.1, 0.15) is 13.0 Å². The van der Waals surface area contributed by atoms with Crippen molar-refractivity contribution in [3.05, 3.63) is 36.5 Å². The van der Waals surface area contributed by atoms with Gasteiger partial charge in [-0.3, -0.25) is 0 Å². The van der Waals surface area contributed by atoms with Gasteiger partial charge in [0.25, 0.3) is 0 Å². The Hall–Kier alpha value is -1.49. The second-order valence-electron chi connectivity index (χ2n) is 6.36. The lowest BCUT2D eigenvalue weighted by Gasteiger charge is -2.43. The van der Waals surface area contributed by atoms with Crippen molar-refractivity contribution in [2.75, 3.05) is 6.26 Å². The van der Waals surface area contributed by atoms with Gasteiger partial charge in [0.2, 0.25) is 0 Å². The number of thioether (sulfide) groups is 1. The van der Waals surface area contributed by atoms with Crippen LogP contribution in [0.5, 0.6) is 0 Å². The minimum atomic E-state index is -1.38. The van der Waals surface area contributed by atoms with Gasteiger partial charge in [0.15, 0.2) is 0 Å². The van der Waals surface area contributed by atoms with Gasteiger partial charge in [0.05, 0.1) is 12.3 Å². The molecule has 0 saturated carbocycles. The molecule has 1 unspecified atom stereocenters. The molecular formula is C17H23N3O5S. The number of aromatic nitrogens is 3. The van der Waals surface area contributed by atoms with E-state index in [9.17, 15) is 20.4 Å². The number of rotatable bonds is 5. The molecule has 3 rings (SSSR count). The van der Waals surface area contributed by atoms with E-state index in [1.54, 1.807) is 19.4 Å². The SMILES string of the molecule is CS[C@H]1O[C@H]([C@@H](C(C)O)n2cc(-c3ccccc3)nn2)[C@H](O)[C@H](O)[C@H]1O. The maximum Gasteiger partial charge on any atom is 0.132 e. The standard InChI is InChI=1S/C17H23N3O5S/c1-9(21)12(16-14(23)13(22)15(24)17(25-16)26-2)20-8-11(18-19-20)10-6-4-3-5-7-10/h3-9,12-17,21-24H,1-2H3/t9?,12-,13+,14-,15-,16-,17-/m1/s1. The molecule has 2 aromatic rings. The van der Waals surface area contributed by atoms with E-state index in [1.165, 1.54) is 16.4 Å². The largest absolute Gasteiger partial charge is 0.391 e. The third-order valence-electron chi connectivity index (χ3n) is 4.56. The molecule has 142 valence electrons. The molecule has 1 aromatic carbocycles. The monoisotopic (exact) mass is 381 g/mol. The van der Waals surface area contributed by atoms with E-state index in [2.05, 4.69) is 10.3 Å². The fraction of sp³-hybridized carbons (Fsp3) is 0.529. The first-order chi connectivity index (χ1) is 12.4. The van der Waals surface area contributed by atoms with Gasteiger partial charge in [-0.15, -0.1) is 16.9 Å². The van der Waals surface area contributed by atoms with Gasteiger partial charge in [0, 0.05) is 5.56 Å². The topological polar surface area (TPSA) is 121 Å². The van der Waals surface area contributed by atoms with Crippen molar-refractivity contribution in [2.24, 2.45) is 0 Å². The number of nitrogens with zero attached hydrogens (tertiary/aromatic N) is 3. The number of benzene rings is 1. The Bertz CT molecular complexity index is 711. The van der Waals surface area contributed by atoms with Crippen LogP contribution in [-0.2, 0) is 4.74 Å². The average Bonchev–Trinajstić information content (AvgIpc) is 3.12. The summed E-state index contributed by atoms with van der Waals surface area (Å²) in [6, 6.07) is 8.66. The van der Waals surface area contributed by atoms with Crippen molar-refractivity contribution < 1.29 is 25.2 Å². The van der Waals surface area contributed by atoms with Gasteiger partial charge in [-0.1, -0.05) is 35.5 Å². The molecule has 0 bridgehead atoms. The summed E-state index contributed by atoms with van der Waals surface area (Å²) >= 11 is 1.22. The van der Waals surface area contributed by atoms with Crippen LogP contribution in [0.3, 0.4) is 0 Å². The molecule has 1 saturated heterocycles. The van der Waals surface area contributed by atoms with Crippen LogP contribution in [0.25, 0.3) is 11.3 Å². The number of hydrogen-bond donors (Lipinski definition) is 4. The van der Waals surface area contributed by atoms with Crippen LogP contribution in [0.4, 0.5) is 0 Å². The van der Waals surface area contributed by atoms with E-state index in [0.29, 0.717) is 5.69 Å². The van der Waals surface area contributed by atoms with Gasteiger partial charge in [-0.05, 0) is 13.2 Å². The molecule has 0 aliphatic carbocycles. The van der Waals surface area contributed by atoms with E-state index in [-0.39, 0.29) is 0 Å². The van der Waals surface area contributed by atoms with Crippen molar-refractivity contribution in [1.82, 2.24) is 15.0 Å². The summed E-state index contributed by atoms with van der Waals surface area (Å²) in [7, 11) is 0. The highest BCUT2D eigenvalue weighted by Crippen LogP contribution is 2.34. The molecule has 9 heteroatoms. The van der Waals surface area contributed by atoms with Crippen molar-refractivity contribution >= 4 is 11.8 Å². The molecule has 2 heterocycles. The van der Waals surface area contributed by atoms with Crippen LogP contribution in [-0.4, -0.2) is 77.6 Å². The van der Waals surface area contributed by atoms with Crippen LogP contribution < -0.4 is 0 Å². The maximum absolute atomic E-state index is 10.4. The van der Waals surface area contributed by atoms with Crippen LogP contribution >= 0.6 is 11.8 Å². The average molecular weight is 381 g/mol. The Balaban J connectivity index is 1.91. The molecule has 1 aliphatic heterocycles. The predicted octanol–water partition coefficient (Wildman–Crippen LogP) is 0.0376. The Morgan fingerprint density at radius 2 is 1.81 bits per heavy atom. The fourth-order valence-corrected chi connectivity index (χ4v) is 3.84. The summed E-state index contributed by atoms with van der Waals surface area (Å²) in [5, 5.41) is 49.1. The Kier molecular flexibility index (Phi) is 5.96. The number of hydrogen-bond acceptors (Lipinski definition) is 8. The van der Waals surface area contributed by atoms with Crippen LogP contribution in [0.2, 0.25) is 0 Å². The Labute approximate surface area is 155 Å². The van der Waals surface area contributed by atoms with E-state index >= 15 is 0 Å². The molecule has 4 N–H and O–H groups in total. The lowest BCUT2D eigenvalue weighted by Crippen LogP contribution is -2.59. The molecule has 26 heavy (non-hydrogen) atoms. The normalized spacial score (nSPS) is 31.5. The molecular weight excluding hydrogens is 358 g/mol. The quantitative estimate of drug-likeness (QED) is 0.573. The lowest BCUT2D eigenvalue weighted by atomic mass is 9.92. The smallest absolute Gasteiger partial charge is 0.132 e. The Morgan fingerprint density at radius 3 is 2.42 bits per heavy atom. The van der Waals surface area contributed by atoms with E-state index < -0.39 is 42.0 Å². The summed E-state index contributed by atoms with van der Waals surface area (Å²) in [5.74, 6) is 0. The molecule has 1 aliphatic rings. The van der Waals surface area contributed by atoms with E-state index in [4.69, 9.17) is 4.74 Å². The summed E-state index contributed by atoms with van der Waals surface area (Å²) in [5.41, 5.74) is 0.756.